The van der Waals surface area contributed by atoms with E-state index in [1.165, 1.54) is 12.1 Å². The van der Waals surface area contributed by atoms with E-state index in [2.05, 4.69) is 0 Å². The van der Waals surface area contributed by atoms with E-state index in [1.807, 2.05) is 11.8 Å². The van der Waals surface area contributed by atoms with Crippen LogP contribution in [0.4, 0.5) is 0 Å². The largest absolute Gasteiger partial charge is 0.491 e. The molecule has 1 heterocycles. The number of hydrogen-bond donors (Lipinski definition) is 1. The number of carbonyl (C=O) groups is 2. The molecular weight excluding hydrogens is 258 g/mol. The molecule has 1 atom stereocenters. The minimum Gasteiger partial charge on any atom is -0.491 e. The molecule has 1 amide bonds. The van der Waals surface area contributed by atoms with E-state index in [1.54, 1.807) is 12.1 Å². The van der Waals surface area contributed by atoms with Gasteiger partial charge in [0.2, 0.25) is 5.91 Å². The van der Waals surface area contributed by atoms with Gasteiger partial charge >= 0.3 is 5.97 Å². The molecule has 1 N–H and O–H groups in total. The summed E-state index contributed by atoms with van der Waals surface area (Å²) in [7, 11) is 0. The van der Waals surface area contributed by atoms with Gasteiger partial charge in [0.15, 0.2) is 0 Å². The second kappa shape index (κ2) is 6.41. The molecule has 5 nitrogen and oxygen atoms in total. The third-order valence-electron chi connectivity index (χ3n) is 3.54. The minimum atomic E-state index is -0.952. The predicted octanol–water partition coefficient (Wildman–Crippen LogP) is 2.16. The van der Waals surface area contributed by atoms with Gasteiger partial charge < -0.3 is 14.7 Å². The van der Waals surface area contributed by atoms with Gasteiger partial charge in [-0.15, -0.1) is 0 Å². The second-order valence-electron chi connectivity index (χ2n) is 4.88. The fraction of sp³-hybridized carbons (Fsp3) is 0.467. The molecule has 108 valence electrons. The third kappa shape index (κ3) is 3.29. The first kappa shape index (κ1) is 14.4. The first-order valence-corrected chi connectivity index (χ1v) is 6.87. The molecule has 1 aliphatic rings. The number of ether oxygens (including phenoxy) is 1. The Morgan fingerprint density at radius 3 is 2.65 bits per heavy atom. The summed E-state index contributed by atoms with van der Waals surface area (Å²) in [6, 6.07) is 6.44. The zero-order valence-electron chi connectivity index (χ0n) is 11.5. The van der Waals surface area contributed by atoms with E-state index in [0.29, 0.717) is 18.8 Å². The maximum atomic E-state index is 11.8. The van der Waals surface area contributed by atoms with Gasteiger partial charge in [0.25, 0.3) is 0 Å². The van der Waals surface area contributed by atoms with Crippen LogP contribution in [0.25, 0.3) is 0 Å². The fourth-order valence-corrected chi connectivity index (χ4v) is 2.43. The van der Waals surface area contributed by atoms with E-state index >= 15 is 0 Å². The van der Waals surface area contributed by atoms with Gasteiger partial charge in [0, 0.05) is 13.0 Å². The summed E-state index contributed by atoms with van der Waals surface area (Å²) in [5.41, 5.74) is 0.237. The minimum absolute atomic E-state index is 0.126. The molecule has 2 rings (SSSR count). The summed E-state index contributed by atoms with van der Waals surface area (Å²) in [4.78, 5) is 24.4. The molecule has 0 spiro atoms. The predicted molar refractivity (Wildman–Crippen MR) is 73.9 cm³/mol. The zero-order valence-corrected chi connectivity index (χ0v) is 11.5. The van der Waals surface area contributed by atoms with E-state index < -0.39 is 5.97 Å². The van der Waals surface area contributed by atoms with Gasteiger partial charge in [-0.1, -0.05) is 6.92 Å². The number of aromatic carboxylic acids is 1. The molecule has 1 aromatic rings. The maximum Gasteiger partial charge on any atom is 0.335 e. The Kier molecular flexibility index (Phi) is 4.61. The van der Waals surface area contributed by atoms with Gasteiger partial charge in [0.1, 0.15) is 12.4 Å². The van der Waals surface area contributed by atoms with Crippen molar-refractivity contribution in [2.24, 2.45) is 0 Å². The summed E-state index contributed by atoms with van der Waals surface area (Å²) in [5, 5.41) is 8.82. The van der Waals surface area contributed by atoms with Crippen molar-refractivity contribution in [1.29, 1.82) is 0 Å². The lowest BCUT2D eigenvalue weighted by Gasteiger charge is -2.24. The first-order chi connectivity index (χ1) is 9.61. The lowest BCUT2D eigenvalue weighted by molar-refractivity contribution is -0.132. The highest BCUT2D eigenvalue weighted by molar-refractivity contribution is 5.87. The van der Waals surface area contributed by atoms with Crippen LogP contribution in [0.5, 0.6) is 5.75 Å². The van der Waals surface area contributed by atoms with E-state index in [4.69, 9.17) is 9.84 Å². The zero-order chi connectivity index (χ0) is 14.5. The highest BCUT2D eigenvalue weighted by atomic mass is 16.5. The van der Waals surface area contributed by atoms with Crippen molar-refractivity contribution >= 4 is 11.9 Å². The topological polar surface area (TPSA) is 66.8 Å². The van der Waals surface area contributed by atoms with Crippen LogP contribution in [0.1, 0.15) is 36.5 Å². The number of nitrogens with zero attached hydrogens (tertiary/aromatic N) is 1. The lowest BCUT2D eigenvalue weighted by Crippen LogP contribution is -2.38. The molecule has 1 unspecified atom stereocenters. The van der Waals surface area contributed by atoms with Crippen molar-refractivity contribution in [1.82, 2.24) is 4.90 Å². The first-order valence-electron chi connectivity index (χ1n) is 6.87. The van der Waals surface area contributed by atoms with Gasteiger partial charge in [-0.05, 0) is 37.1 Å². The Morgan fingerprint density at radius 2 is 2.05 bits per heavy atom. The van der Waals surface area contributed by atoms with Crippen LogP contribution in [0.3, 0.4) is 0 Å². The van der Waals surface area contributed by atoms with Crippen LogP contribution in [0, 0.1) is 0 Å². The highest BCUT2D eigenvalue weighted by Gasteiger charge is 2.28. The Balaban J connectivity index is 1.91. The summed E-state index contributed by atoms with van der Waals surface area (Å²) in [5.74, 6) is -0.157. The molecule has 0 radical (unpaired) electrons. The van der Waals surface area contributed by atoms with Crippen molar-refractivity contribution in [2.45, 2.75) is 32.2 Å². The normalized spacial score (nSPS) is 18.1. The second-order valence-corrected chi connectivity index (χ2v) is 4.88. The fourth-order valence-electron chi connectivity index (χ4n) is 2.43. The van der Waals surface area contributed by atoms with Crippen molar-refractivity contribution in [3.05, 3.63) is 29.8 Å². The smallest absolute Gasteiger partial charge is 0.335 e. The van der Waals surface area contributed by atoms with Crippen LogP contribution in [-0.4, -0.2) is 41.1 Å². The molecule has 1 aliphatic heterocycles. The van der Waals surface area contributed by atoms with E-state index in [0.717, 1.165) is 19.4 Å². The number of benzene rings is 1. The molecule has 20 heavy (non-hydrogen) atoms. The molecule has 5 heteroatoms. The summed E-state index contributed by atoms with van der Waals surface area (Å²) < 4.78 is 5.66. The molecule has 1 fully saturated rings. The number of hydrogen-bond acceptors (Lipinski definition) is 3. The van der Waals surface area contributed by atoms with Crippen molar-refractivity contribution in [3.63, 3.8) is 0 Å². The Morgan fingerprint density at radius 1 is 1.35 bits per heavy atom. The van der Waals surface area contributed by atoms with Crippen LogP contribution in [0.2, 0.25) is 0 Å². The number of carbonyl (C=O) groups excluding carboxylic acids is 1. The summed E-state index contributed by atoms with van der Waals surface area (Å²) in [6.45, 7) is 3.13. The van der Waals surface area contributed by atoms with Crippen molar-refractivity contribution < 1.29 is 19.4 Å². The molecule has 1 aromatic carbocycles. The average Bonchev–Trinajstić information content (AvgIpc) is 2.93. The van der Waals surface area contributed by atoms with Gasteiger partial charge in [0.05, 0.1) is 11.6 Å². The molecule has 0 saturated carbocycles. The monoisotopic (exact) mass is 277 g/mol. The van der Waals surface area contributed by atoms with Crippen molar-refractivity contribution in [3.8, 4) is 5.75 Å². The van der Waals surface area contributed by atoms with Crippen LogP contribution in [-0.2, 0) is 4.79 Å². The average molecular weight is 277 g/mol. The summed E-state index contributed by atoms with van der Waals surface area (Å²) >= 11 is 0. The van der Waals surface area contributed by atoms with E-state index in [-0.39, 0.29) is 17.5 Å². The maximum absolute atomic E-state index is 11.8. The summed E-state index contributed by atoms with van der Waals surface area (Å²) in [6.07, 6.45) is 2.49. The van der Waals surface area contributed by atoms with E-state index in [9.17, 15) is 9.59 Å². The van der Waals surface area contributed by atoms with Gasteiger partial charge in [-0.2, -0.15) is 0 Å². The highest BCUT2D eigenvalue weighted by Crippen LogP contribution is 2.20. The molecule has 0 bridgehead atoms. The number of amides is 1. The number of rotatable bonds is 5. The Labute approximate surface area is 118 Å². The Bertz CT molecular complexity index is 483. The number of carboxylic acid groups (broad SMARTS) is 1. The van der Waals surface area contributed by atoms with Gasteiger partial charge in [-0.25, -0.2) is 4.79 Å². The third-order valence-corrected chi connectivity index (χ3v) is 3.54. The molecule has 0 aliphatic carbocycles. The molecular formula is C15H19NO4. The van der Waals surface area contributed by atoms with Crippen LogP contribution >= 0.6 is 0 Å². The number of likely N-dealkylation sites (tertiary alicyclic amines) is 1. The van der Waals surface area contributed by atoms with Gasteiger partial charge in [-0.3, -0.25) is 4.79 Å². The quantitative estimate of drug-likeness (QED) is 0.895. The Hall–Kier alpha value is -2.04. The standard InChI is InChI=1S/C15H19NO4/c1-2-14(17)16-9-3-4-12(16)10-20-13-7-5-11(6-8-13)15(18)19/h5-8,12H,2-4,9-10H2,1H3,(H,18,19). The lowest BCUT2D eigenvalue weighted by atomic mass is 10.2. The number of carboxylic acids is 1. The molecule has 0 aromatic heterocycles. The van der Waals surface area contributed by atoms with Crippen molar-refractivity contribution in [2.75, 3.05) is 13.2 Å². The van der Waals surface area contributed by atoms with Crippen LogP contribution < -0.4 is 4.74 Å². The SMILES string of the molecule is CCC(=O)N1CCCC1COc1ccc(C(=O)O)cc1. The van der Waals surface area contributed by atoms with Crippen LogP contribution in [0.15, 0.2) is 24.3 Å². The molecule has 1 saturated heterocycles.